The van der Waals surface area contributed by atoms with Crippen molar-refractivity contribution in [2.24, 2.45) is 0 Å². The number of anilines is 1. The molecule has 0 unspecified atom stereocenters. The first-order valence-electron chi connectivity index (χ1n) is 10.8. The molecule has 1 fully saturated rings. The molecule has 0 saturated carbocycles. The van der Waals surface area contributed by atoms with Gasteiger partial charge in [-0.3, -0.25) is 9.52 Å². The van der Waals surface area contributed by atoms with Crippen LogP contribution >= 0.6 is 0 Å². The van der Waals surface area contributed by atoms with Crippen LogP contribution in [0.2, 0.25) is 0 Å². The van der Waals surface area contributed by atoms with E-state index in [1.807, 2.05) is 18.2 Å². The largest absolute Gasteiger partial charge is 0.484 e. The Kier molecular flexibility index (Phi) is 5.78. The normalized spacial score (nSPS) is 15.0. The lowest BCUT2D eigenvalue weighted by molar-refractivity contribution is -0.137. The van der Waals surface area contributed by atoms with E-state index >= 15 is 0 Å². The third-order valence-electron chi connectivity index (χ3n) is 5.91. The van der Waals surface area contributed by atoms with Crippen LogP contribution in [-0.2, 0) is 26.0 Å². The van der Waals surface area contributed by atoms with Gasteiger partial charge in [0.2, 0.25) is 0 Å². The molecule has 7 nitrogen and oxygen atoms in total. The SMILES string of the molecule is O=C(COc1ccc(NS(=O)(=O)c2ccc3c(c2)Cc2ccccc2-3)cc1)N1CCOCC1. The molecule has 1 N–H and O–H groups in total. The van der Waals surface area contributed by atoms with E-state index in [-0.39, 0.29) is 17.4 Å². The number of rotatable bonds is 6. The molecule has 8 heteroatoms. The van der Waals surface area contributed by atoms with Crippen molar-refractivity contribution >= 4 is 21.6 Å². The molecule has 33 heavy (non-hydrogen) atoms. The number of sulfonamides is 1. The molecule has 170 valence electrons. The van der Waals surface area contributed by atoms with Gasteiger partial charge in [-0.15, -0.1) is 0 Å². The van der Waals surface area contributed by atoms with Crippen molar-refractivity contribution in [2.75, 3.05) is 37.6 Å². The molecule has 5 rings (SSSR count). The fraction of sp³-hybridized carbons (Fsp3) is 0.240. The summed E-state index contributed by atoms with van der Waals surface area (Å²) in [5.41, 5.74) is 4.88. The second-order valence-corrected chi connectivity index (χ2v) is 9.75. The summed E-state index contributed by atoms with van der Waals surface area (Å²) in [4.78, 5) is 14.1. The average molecular weight is 465 g/mol. The summed E-state index contributed by atoms with van der Waals surface area (Å²) in [6.45, 7) is 2.15. The summed E-state index contributed by atoms with van der Waals surface area (Å²) in [6, 6.07) is 19.9. The minimum Gasteiger partial charge on any atom is -0.484 e. The maximum atomic E-state index is 12.9. The van der Waals surface area contributed by atoms with E-state index in [0.717, 1.165) is 23.1 Å². The van der Waals surface area contributed by atoms with Crippen LogP contribution in [0.5, 0.6) is 5.75 Å². The van der Waals surface area contributed by atoms with Crippen molar-refractivity contribution in [3.8, 4) is 16.9 Å². The average Bonchev–Trinajstić information content (AvgIpc) is 3.22. The minimum atomic E-state index is -3.74. The number of hydrogen-bond donors (Lipinski definition) is 1. The monoisotopic (exact) mass is 464 g/mol. The van der Waals surface area contributed by atoms with Crippen LogP contribution in [0.3, 0.4) is 0 Å². The lowest BCUT2D eigenvalue weighted by atomic mass is 10.1. The fourth-order valence-corrected chi connectivity index (χ4v) is 5.28. The van der Waals surface area contributed by atoms with Crippen molar-refractivity contribution < 1.29 is 22.7 Å². The molecule has 1 aliphatic carbocycles. The Balaban J connectivity index is 1.23. The number of nitrogens with one attached hydrogen (secondary N) is 1. The number of ether oxygens (including phenoxy) is 2. The van der Waals surface area contributed by atoms with Crippen LogP contribution in [0, 0.1) is 0 Å². The van der Waals surface area contributed by atoms with Gasteiger partial charge in [0.15, 0.2) is 6.61 Å². The molecule has 3 aromatic rings. The van der Waals surface area contributed by atoms with Gasteiger partial charge >= 0.3 is 0 Å². The Morgan fingerprint density at radius 1 is 0.939 bits per heavy atom. The minimum absolute atomic E-state index is 0.0669. The summed E-state index contributed by atoms with van der Waals surface area (Å²) in [7, 11) is -3.74. The molecule has 0 atom stereocenters. The van der Waals surface area contributed by atoms with E-state index in [9.17, 15) is 13.2 Å². The predicted octanol–water partition coefficient (Wildman–Crippen LogP) is 3.30. The molecular formula is C25H24N2O5S. The number of nitrogens with zero attached hydrogens (tertiary/aromatic N) is 1. The lowest BCUT2D eigenvalue weighted by Crippen LogP contribution is -2.42. The molecule has 0 aromatic heterocycles. The van der Waals surface area contributed by atoms with Gasteiger partial charge in [0.1, 0.15) is 5.75 Å². The fourth-order valence-electron chi connectivity index (χ4n) is 4.17. The number of carbonyl (C=O) groups is 1. The van der Waals surface area contributed by atoms with Crippen LogP contribution in [0.25, 0.3) is 11.1 Å². The highest BCUT2D eigenvalue weighted by molar-refractivity contribution is 7.92. The summed E-state index contributed by atoms with van der Waals surface area (Å²) >= 11 is 0. The van der Waals surface area contributed by atoms with Gasteiger partial charge in [-0.25, -0.2) is 8.42 Å². The molecule has 2 aliphatic rings. The van der Waals surface area contributed by atoms with E-state index in [2.05, 4.69) is 16.9 Å². The topological polar surface area (TPSA) is 84.9 Å². The number of amides is 1. The number of benzene rings is 3. The summed E-state index contributed by atoms with van der Waals surface area (Å²) in [6.07, 6.45) is 0.726. The van der Waals surface area contributed by atoms with Crippen LogP contribution in [0.15, 0.2) is 71.6 Å². The van der Waals surface area contributed by atoms with E-state index in [4.69, 9.17) is 9.47 Å². The van der Waals surface area contributed by atoms with Crippen molar-refractivity contribution in [1.29, 1.82) is 0 Å². The van der Waals surface area contributed by atoms with Crippen molar-refractivity contribution in [1.82, 2.24) is 4.90 Å². The van der Waals surface area contributed by atoms with Crippen molar-refractivity contribution in [3.05, 3.63) is 77.9 Å². The zero-order valence-electron chi connectivity index (χ0n) is 18.0. The van der Waals surface area contributed by atoms with Crippen LogP contribution in [0.4, 0.5) is 5.69 Å². The number of fused-ring (bicyclic) bond motifs is 3. The first kappa shape index (κ1) is 21.5. The molecule has 1 amide bonds. The van der Waals surface area contributed by atoms with E-state index < -0.39 is 10.0 Å². The van der Waals surface area contributed by atoms with Crippen molar-refractivity contribution in [3.63, 3.8) is 0 Å². The van der Waals surface area contributed by atoms with Gasteiger partial charge in [-0.2, -0.15) is 0 Å². The summed E-state index contributed by atoms with van der Waals surface area (Å²) in [5, 5.41) is 0. The maximum Gasteiger partial charge on any atom is 0.261 e. The summed E-state index contributed by atoms with van der Waals surface area (Å²) in [5.74, 6) is 0.400. The molecular weight excluding hydrogens is 440 g/mol. The zero-order valence-corrected chi connectivity index (χ0v) is 18.8. The van der Waals surface area contributed by atoms with Gasteiger partial charge in [0.05, 0.1) is 18.1 Å². The standard InChI is InChI=1S/C25H24N2O5S/c28-25(27-11-13-31-14-12-27)17-32-21-7-5-20(6-8-21)26-33(29,30)22-9-10-24-19(16-22)15-18-3-1-2-4-23(18)24/h1-10,16,26H,11-15,17H2. The van der Waals surface area contributed by atoms with Gasteiger partial charge < -0.3 is 14.4 Å². The quantitative estimate of drug-likeness (QED) is 0.473. The molecule has 1 aliphatic heterocycles. The van der Waals surface area contributed by atoms with E-state index in [1.165, 1.54) is 5.56 Å². The first-order valence-corrected chi connectivity index (χ1v) is 12.3. The zero-order chi connectivity index (χ0) is 22.8. The third kappa shape index (κ3) is 4.58. The third-order valence-corrected chi connectivity index (χ3v) is 7.29. The maximum absolute atomic E-state index is 12.9. The molecule has 1 saturated heterocycles. The highest BCUT2D eigenvalue weighted by Crippen LogP contribution is 2.37. The number of hydrogen-bond acceptors (Lipinski definition) is 5. The first-order chi connectivity index (χ1) is 16.0. The molecule has 1 heterocycles. The molecule has 3 aromatic carbocycles. The Hall–Kier alpha value is -3.36. The Morgan fingerprint density at radius 3 is 2.45 bits per heavy atom. The summed E-state index contributed by atoms with van der Waals surface area (Å²) < 4.78 is 39.3. The molecule has 0 bridgehead atoms. The second kappa shape index (κ2) is 8.88. The molecule has 0 spiro atoms. The van der Waals surface area contributed by atoms with Gasteiger partial charge in [-0.05, 0) is 65.1 Å². The predicted molar refractivity (Wildman–Crippen MR) is 125 cm³/mol. The van der Waals surface area contributed by atoms with E-state index in [1.54, 1.807) is 41.3 Å². The van der Waals surface area contributed by atoms with Gasteiger partial charge in [-0.1, -0.05) is 30.3 Å². The highest BCUT2D eigenvalue weighted by Gasteiger charge is 2.22. The smallest absolute Gasteiger partial charge is 0.261 e. The Bertz CT molecular complexity index is 1280. The highest BCUT2D eigenvalue weighted by atomic mass is 32.2. The number of carbonyl (C=O) groups excluding carboxylic acids is 1. The van der Waals surface area contributed by atoms with Gasteiger partial charge in [0, 0.05) is 18.8 Å². The van der Waals surface area contributed by atoms with Gasteiger partial charge in [0.25, 0.3) is 15.9 Å². The van der Waals surface area contributed by atoms with Crippen LogP contribution < -0.4 is 9.46 Å². The lowest BCUT2D eigenvalue weighted by Gasteiger charge is -2.26. The molecule has 0 radical (unpaired) electrons. The van der Waals surface area contributed by atoms with Crippen LogP contribution in [0.1, 0.15) is 11.1 Å². The van der Waals surface area contributed by atoms with Crippen molar-refractivity contribution in [2.45, 2.75) is 11.3 Å². The van der Waals surface area contributed by atoms with Crippen LogP contribution in [-0.4, -0.2) is 52.1 Å². The Morgan fingerprint density at radius 2 is 1.67 bits per heavy atom. The second-order valence-electron chi connectivity index (χ2n) is 8.06. The Labute approximate surface area is 193 Å². The number of morpholine rings is 1. The van der Waals surface area contributed by atoms with E-state index in [0.29, 0.717) is 37.7 Å².